The van der Waals surface area contributed by atoms with Crippen LogP contribution < -0.4 is 21.1 Å². The molecule has 0 aliphatic carbocycles. The van der Waals surface area contributed by atoms with E-state index in [-0.39, 0.29) is 22.4 Å². The molecular formula is C17H15ClN5O3+. The summed E-state index contributed by atoms with van der Waals surface area (Å²) >= 11 is 6.09. The molecule has 0 fully saturated rings. The smallest absolute Gasteiger partial charge is 0.400 e. The summed E-state index contributed by atoms with van der Waals surface area (Å²) in [6.45, 7) is 0.948. The quantitative estimate of drug-likeness (QED) is 0.472. The number of nitrogens with two attached hydrogens (primary N) is 2. The topological polar surface area (TPSA) is 112 Å². The van der Waals surface area contributed by atoms with Gasteiger partial charge in [-0.15, -0.1) is 10.8 Å². The molecule has 1 atom stereocenters. The van der Waals surface area contributed by atoms with E-state index >= 15 is 0 Å². The number of halogens is 1. The van der Waals surface area contributed by atoms with Crippen LogP contribution in [0.15, 0.2) is 52.6 Å². The van der Waals surface area contributed by atoms with E-state index in [1.807, 2.05) is 0 Å². The first-order chi connectivity index (χ1) is 12.5. The minimum Gasteiger partial charge on any atom is -0.486 e. The number of ether oxygens (including phenoxy) is 2. The number of benzene rings is 2. The van der Waals surface area contributed by atoms with Gasteiger partial charge in [0, 0.05) is 10.3 Å². The summed E-state index contributed by atoms with van der Waals surface area (Å²) in [7, 11) is 0. The molecule has 4 N–H and O–H groups in total. The number of nitrogens with zero attached hydrogens (tertiary/aromatic N) is 3. The minimum atomic E-state index is -1.02. The number of hydrogen-bond donors (Lipinski definition) is 2. The van der Waals surface area contributed by atoms with Gasteiger partial charge in [-0.2, -0.15) is 0 Å². The van der Waals surface area contributed by atoms with Gasteiger partial charge in [-0.3, -0.25) is 0 Å². The second kappa shape index (κ2) is 6.10. The van der Waals surface area contributed by atoms with E-state index in [9.17, 15) is 4.79 Å². The average molecular weight is 373 g/mol. The molecule has 2 aromatic rings. The van der Waals surface area contributed by atoms with Gasteiger partial charge in [0.2, 0.25) is 5.84 Å². The summed E-state index contributed by atoms with van der Waals surface area (Å²) in [5.41, 5.74) is 6.75. The predicted molar refractivity (Wildman–Crippen MR) is 95.8 cm³/mol. The van der Waals surface area contributed by atoms with Crippen molar-refractivity contribution in [3.63, 3.8) is 0 Å². The Balaban J connectivity index is 1.72. The first kappa shape index (κ1) is 16.5. The van der Waals surface area contributed by atoms with Gasteiger partial charge in [-0.1, -0.05) is 23.7 Å². The number of amides is 1. The van der Waals surface area contributed by atoms with Crippen LogP contribution in [-0.2, 0) is 0 Å². The van der Waals surface area contributed by atoms with Crippen LogP contribution in [0.4, 0.5) is 0 Å². The van der Waals surface area contributed by atoms with E-state index in [0.29, 0.717) is 30.3 Å². The van der Waals surface area contributed by atoms with E-state index in [4.69, 9.17) is 32.7 Å². The van der Waals surface area contributed by atoms with Crippen LogP contribution in [0.5, 0.6) is 11.5 Å². The second-order valence-corrected chi connectivity index (χ2v) is 6.13. The fourth-order valence-electron chi connectivity index (χ4n) is 2.68. The highest BCUT2D eigenvalue weighted by molar-refractivity contribution is 6.33. The first-order valence-electron chi connectivity index (χ1n) is 7.81. The van der Waals surface area contributed by atoms with Crippen LogP contribution in [0, 0.1) is 0 Å². The molecule has 2 aliphatic heterocycles. The highest BCUT2D eigenvalue weighted by atomic mass is 35.5. The lowest BCUT2D eigenvalue weighted by atomic mass is 10.2. The van der Waals surface area contributed by atoms with Gasteiger partial charge in [0.05, 0.1) is 5.02 Å². The van der Waals surface area contributed by atoms with Crippen LogP contribution in [0.3, 0.4) is 0 Å². The van der Waals surface area contributed by atoms with E-state index in [1.165, 1.54) is 0 Å². The highest BCUT2D eigenvalue weighted by Gasteiger charge is 2.46. The number of fused-ring (bicyclic) bond motifs is 1. The fourth-order valence-corrected chi connectivity index (χ4v) is 2.90. The Hall–Kier alpha value is -2.94. The Morgan fingerprint density at radius 2 is 1.85 bits per heavy atom. The predicted octanol–water partition coefficient (Wildman–Crippen LogP) is 1.63. The first-order valence-corrected chi connectivity index (χ1v) is 8.19. The van der Waals surface area contributed by atoms with Crippen molar-refractivity contribution in [3.05, 3.63) is 58.6 Å². The SMILES string of the molecule is NC1=NC(c2ccc3c(c2)OCCO3)=N[N+]1(N)C(=O)c1ccccc1Cl. The van der Waals surface area contributed by atoms with Crippen molar-refractivity contribution in [3.8, 4) is 11.5 Å². The van der Waals surface area contributed by atoms with E-state index in [0.717, 1.165) is 0 Å². The standard InChI is InChI=1S/C17H15ClN5O3/c18-12-4-2-1-3-11(12)16(24)23(20)17(19)21-15(22-23)10-5-6-13-14(9-10)26-8-7-25-13/h1-6,9H,7-8,20H2,(H2,19,21,22)/q+1. The van der Waals surface area contributed by atoms with Gasteiger partial charge in [0.15, 0.2) is 11.5 Å². The van der Waals surface area contributed by atoms with Crippen LogP contribution >= 0.6 is 11.6 Å². The summed E-state index contributed by atoms with van der Waals surface area (Å²) in [6, 6.07) is 11.8. The molecule has 0 aromatic heterocycles. The molecule has 2 aliphatic rings. The molecule has 1 unspecified atom stereocenters. The normalized spacial score (nSPS) is 21.2. The molecule has 0 saturated heterocycles. The third-order valence-corrected chi connectivity index (χ3v) is 4.37. The molecular weight excluding hydrogens is 358 g/mol. The van der Waals surface area contributed by atoms with Gasteiger partial charge >= 0.3 is 11.9 Å². The molecule has 2 aromatic carbocycles. The van der Waals surface area contributed by atoms with Crippen LogP contribution in [0.1, 0.15) is 15.9 Å². The second-order valence-electron chi connectivity index (χ2n) is 5.72. The van der Waals surface area contributed by atoms with Crippen LogP contribution in [-0.4, -0.2) is 35.6 Å². The van der Waals surface area contributed by atoms with E-state index in [1.54, 1.807) is 42.5 Å². The van der Waals surface area contributed by atoms with Gasteiger partial charge in [0.25, 0.3) is 0 Å². The number of rotatable bonds is 2. The number of amidine groups is 1. The summed E-state index contributed by atoms with van der Waals surface area (Å²) in [5.74, 6) is 6.84. The van der Waals surface area contributed by atoms with Gasteiger partial charge < -0.3 is 15.2 Å². The molecule has 0 saturated carbocycles. The van der Waals surface area contributed by atoms with Crippen LogP contribution in [0.25, 0.3) is 0 Å². The van der Waals surface area contributed by atoms with Gasteiger partial charge in [0.1, 0.15) is 18.8 Å². The van der Waals surface area contributed by atoms with E-state index < -0.39 is 10.6 Å². The Morgan fingerprint density at radius 3 is 2.62 bits per heavy atom. The summed E-state index contributed by atoms with van der Waals surface area (Å²) in [6.07, 6.45) is 0. The van der Waals surface area contributed by atoms with Crippen molar-refractivity contribution in [1.82, 2.24) is 0 Å². The minimum absolute atomic E-state index is 0.153. The van der Waals surface area contributed by atoms with E-state index in [2.05, 4.69) is 10.1 Å². The lowest BCUT2D eigenvalue weighted by Crippen LogP contribution is -2.60. The molecule has 0 spiro atoms. The zero-order valence-electron chi connectivity index (χ0n) is 13.6. The largest absolute Gasteiger partial charge is 0.486 e. The number of guanidine groups is 1. The number of carbonyl (C=O) groups excluding carboxylic acids is 1. The maximum Gasteiger partial charge on any atom is 0.400 e. The van der Waals surface area contributed by atoms with Crippen LogP contribution in [0.2, 0.25) is 5.02 Å². The zero-order valence-corrected chi connectivity index (χ0v) is 14.3. The van der Waals surface area contributed by atoms with Crippen molar-refractivity contribution in [2.45, 2.75) is 0 Å². The Kier molecular flexibility index (Phi) is 3.87. The molecule has 0 bridgehead atoms. The molecule has 26 heavy (non-hydrogen) atoms. The maximum absolute atomic E-state index is 12.9. The monoisotopic (exact) mass is 372 g/mol. The maximum atomic E-state index is 12.9. The molecule has 2 heterocycles. The number of carbonyl (C=O) groups is 1. The summed E-state index contributed by atoms with van der Waals surface area (Å²) in [4.78, 5) is 17.0. The molecule has 8 nitrogen and oxygen atoms in total. The fraction of sp³-hybridized carbons (Fsp3) is 0.118. The van der Waals surface area contributed by atoms with Crippen molar-refractivity contribution in [2.24, 2.45) is 21.7 Å². The third kappa shape index (κ3) is 2.60. The average Bonchev–Trinajstić information content (AvgIpc) is 2.97. The zero-order chi connectivity index (χ0) is 18.3. The lowest BCUT2D eigenvalue weighted by Gasteiger charge is -2.18. The lowest BCUT2D eigenvalue weighted by molar-refractivity contribution is -0.774. The molecule has 0 radical (unpaired) electrons. The Labute approximate surface area is 153 Å². The van der Waals surface area contributed by atoms with Gasteiger partial charge in [-0.05, 0) is 35.4 Å². The Bertz CT molecular complexity index is 975. The number of quaternary nitrogens is 1. The molecule has 9 heteroatoms. The van der Waals surface area contributed by atoms with Crippen molar-refractivity contribution < 1.29 is 19.0 Å². The highest BCUT2D eigenvalue weighted by Crippen LogP contribution is 2.32. The third-order valence-electron chi connectivity index (χ3n) is 4.04. The molecule has 1 amide bonds. The summed E-state index contributed by atoms with van der Waals surface area (Å²) in [5, 5.41) is 4.50. The Morgan fingerprint density at radius 1 is 1.12 bits per heavy atom. The van der Waals surface area contributed by atoms with Crippen molar-refractivity contribution >= 4 is 29.3 Å². The van der Waals surface area contributed by atoms with Crippen molar-refractivity contribution in [2.75, 3.05) is 13.2 Å². The number of aliphatic imine (C=N–C) groups is 1. The summed E-state index contributed by atoms with van der Waals surface area (Å²) < 4.78 is 10.0. The molecule has 4 rings (SSSR count). The number of hydrogen-bond acceptors (Lipinski definition) is 7. The van der Waals surface area contributed by atoms with Crippen molar-refractivity contribution in [1.29, 1.82) is 0 Å². The van der Waals surface area contributed by atoms with Gasteiger partial charge in [-0.25, -0.2) is 4.79 Å². The molecule has 132 valence electrons.